The second-order valence-corrected chi connectivity index (χ2v) is 7.92. The Hall–Kier alpha value is -1.65. The summed E-state index contributed by atoms with van der Waals surface area (Å²) in [6.45, 7) is 19.0. The standard InChI is InChI=1S/C21H28N2OS/c1-6-8-9-18-16(4)14-24-21(18)10-12-23(13-11-21)20-22-17(5)19(25-20)15(3)7-2/h7,9H,2,4-6,8,10-14H2,1,3H3/b18-9+,19-15-. The summed E-state index contributed by atoms with van der Waals surface area (Å²) in [5, 5.41) is 1.92. The van der Waals surface area contributed by atoms with Crippen molar-refractivity contribution in [1.82, 2.24) is 4.98 Å². The molecule has 2 aliphatic rings. The van der Waals surface area contributed by atoms with E-state index >= 15 is 0 Å². The highest BCUT2D eigenvalue weighted by Crippen LogP contribution is 2.43. The van der Waals surface area contributed by atoms with Crippen LogP contribution in [-0.4, -0.2) is 30.3 Å². The molecule has 1 aromatic rings. The molecule has 134 valence electrons. The Balaban J connectivity index is 1.79. The van der Waals surface area contributed by atoms with Crippen LogP contribution >= 0.6 is 11.3 Å². The molecule has 0 N–H and O–H groups in total. The van der Waals surface area contributed by atoms with Gasteiger partial charge in [-0.1, -0.05) is 56.6 Å². The second-order valence-electron chi connectivity index (χ2n) is 6.94. The smallest absolute Gasteiger partial charge is 0.186 e. The quantitative estimate of drug-likeness (QED) is 0.825. The average molecular weight is 357 g/mol. The molecular formula is C21H28N2OS. The number of anilines is 1. The molecule has 0 radical (unpaired) electrons. The lowest BCUT2D eigenvalue weighted by Gasteiger charge is -2.39. The molecule has 0 amide bonds. The number of ether oxygens (including phenoxy) is 1. The first-order valence-electron chi connectivity index (χ1n) is 9.07. The maximum Gasteiger partial charge on any atom is 0.186 e. The van der Waals surface area contributed by atoms with Crippen molar-refractivity contribution in [2.75, 3.05) is 24.6 Å². The van der Waals surface area contributed by atoms with Crippen LogP contribution in [0.3, 0.4) is 0 Å². The Bertz CT molecular complexity index is 809. The van der Waals surface area contributed by atoms with Gasteiger partial charge in [0, 0.05) is 13.1 Å². The summed E-state index contributed by atoms with van der Waals surface area (Å²) in [6, 6.07) is 0. The maximum atomic E-state index is 6.23. The Morgan fingerprint density at radius 3 is 2.72 bits per heavy atom. The van der Waals surface area contributed by atoms with Crippen LogP contribution in [0.5, 0.6) is 0 Å². The van der Waals surface area contributed by atoms with Gasteiger partial charge in [0.15, 0.2) is 5.13 Å². The minimum Gasteiger partial charge on any atom is -0.365 e. The Labute approximate surface area is 154 Å². The van der Waals surface area contributed by atoms with Crippen LogP contribution < -0.4 is 14.8 Å². The first-order valence-corrected chi connectivity index (χ1v) is 9.89. The highest BCUT2D eigenvalue weighted by Gasteiger charge is 2.44. The number of thiazole rings is 1. The summed E-state index contributed by atoms with van der Waals surface area (Å²) in [5.74, 6) is 0. The van der Waals surface area contributed by atoms with Crippen LogP contribution in [0, 0.1) is 0 Å². The Morgan fingerprint density at radius 2 is 2.08 bits per heavy atom. The number of hydrogen-bond donors (Lipinski definition) is 0. The van der Waals surface area contributed by atoms with E-state index in [1.54, 1.807) is 11.3 Å². The van der Waals surface area contributed by atoms with E-state index in [9.17, 15) is 0 Å². The van der Waals surface area contributed by atoms with Gasteiger partial charge in [-0.2, -0.15) is 0 Å². The van der Waals surface area contributed by atoms with Crippen molar-refractivity contribution in [2.24, 2.45) is 0 Å². The van der Waals surface area contributed by atoms with E-state index in [1.807, 2.05) is 6.08 Å². The van der Waals surface area contributed by atoms with Crippen LogP contribution in [-0.2, 0) is 4.74 Å². The van der Waals surface area contributed by atoms with E-state index in [1.165, 1.54) is 5.57 Å². The summed E-state index contributed by atoms with van der Waals surface area (Å²) < 4.78 is 7.37. The third kappa shape index (κ3) is 3.38. The zero-order chi connectivity index (χ0) is 18.0. The van der Waals surface area contributed by atoms with Crippen LogP contribution in [0.15, 0.2) is 36.5 Å². The van der Waals surface area contributed by atoms with Gasteiger partial charge in [0.2, 0.25) is 0 Å². The maximum absolute atomic E-state index is 6.23. The minimum absolute atomic E-state index is 0.126. The van der Waals surface area contributed by atoms with E-state index < -0.39 is 0 Å². The Kier molecular flexibility index (Phi) is 5.30. The number of rotatable bonds is 4. The topological polar surface area (TPSA) is 25.4 Å². The van der Waals surface area contributed by atoms with Gasteiger partial charge in [-0.25, -0.2) is 4.98 Å². The SMILES string of the molecule is C=C/C(C)=c1\sc(N2CCC3(CC2)OCC(=C)/C3=C\CCC)nc1=C. The molecule has 2 aliphatic heterocycles. The molecular weight excluding hydrogens is 328 g/mol. The third-order valence-corrected chi connectivity index (χ3v) is 6.52. The molecule has 3 rings (SSSR count). The van der Waals surface area contributed by atoms with E-state index in [-0.39, 0.29) is 5.60 Å². The molecule has 1 aromatic heterocycles. The first kappa shape index (κ1) is 18.2. The summed E-state index contributed by atoms with van der Waals surface area (Å²) >= 11 is 1.72. The number of allylic oxidation sites excluding steroid dienone is 2. The molecule has 0 atom stereocenters. The van der Waals surface area contributed by atoms with Gasteiger partial charge in [-0.3, -0.25) is 0 Å². The van der Waals surface area contributed by atoms with Crippen molar-refractivity contribution < 1.29 is 4.74 Å². The van der Waals surface area contributed by atoms with Crippen molar-refractivity contribution in [3.63, 3.8) is 0 Å². The Morgan fingerprint density at radius 1 is 1.36 bits per heavy atom. The number of aromatic nitrogens is 1. The molecule has 3 nitrogen and oxygen atoms in total. The van der Waals surface area contributed by atoms with Gasteiger partial charge in [-0.15, -0.1) is 0 Å². The molecule has 0 aliphatic carbocycles. The molecule has 0 bridgehead atoms. The predicted octanol–water partition coefficient (Wildman–Crippen LogP) is 3.56. The number of nitrogens with zero attached hydrogens (tertiary/aromatic N) is 2. The lowest BCUT2D eigenvalue weighted by atomic mass is 9.82. The van der Waals surface area contributed by atoms with Crippen LogP contribution in [0.25, 0.3) is 12.2 Å². The zero-order valence-electron chi connectivity index (χ0n) is 15.4. The van der Waals surface area contributed by atoms with Crippen molar-refractivity contribution in [2.45, 2.75) is 45.1 Å². The largest absolute Gasteiger partial charge is 0.365 e. The summed E-state index contributed by atoms with van der Waals surface area (Å²) in [4.78, 5) is 7.06. The van der Waals surface area contributed by atoms with Gasteiger partial charge >= 0.3 is 0 Å². The highest BCUT2D eigenvalue weighted by molar-refractivity contribution is 7.13. The fourth-order valence-electron chi connectivity index (χ4n) is 3.67. The van der Waals surface area contributed by atoms with Gasteiger partial charge in [0.1, 0.15) is 0 Å². The van der Waals surface area contributed by atoms with Crippen LogP contribution in [0.2, 0.25) is 0 Å². The van der Waals surface area contributed by atoms with Gasteiger partial charge in [0.25, 0.3) is 0 Å². The molecule has 0 aromatic carbocycles. The monoisotopic (exact) mass is 356 g/mol. The number of unbranched alkanes of at least 4 members (excludes halogenated alkanes) is 1. The molecule has 2 saturated heterocycles. The molecule has 25 heavy (non-hydrogen) atoms. The van der Waals surface area contributed by atoms with Gasteiger partial charge < -0.3 is 9.64 Å². The molecule has 4 heteroatoms. The van der Waals surface area contributed by atoms with Crippen LogP contribution in [0.4, 0.5) is 5.13 Å². The molecule has 0 saturated carbocycles. The fourth-order valence-corrected chi connectivity index (χ4v) is 4.73. The molecule has 0 unspecified atom stereocenters. The van der Waals surface area contributed by atoms with Gasteiger partial charge in [-0.05, 0) is 42.9 Å². The first-order chi connectivity index (χ1) is 12.0. The number of piperidine rings is 1. The normalized spacial score (nSPS) is 22.7. The van der Waals surface area contributed by atoms with E-state index in [4.69, 9.17) is 9.72 Å². The molecule has 1 spiro atoms. The minimum atomic E-state index is -0.126. The zero-order valence-corrected chi connectivity index (χ0v) is 16.3. The molecule has 2 fully saturated rings. The van der Waals surface area contributed by atoms with E-state index in [0.717, 1.165) is 64.9 Å². The van der Waals surface area contributed by atoms with Crippen molar-refractivity contribution in [3.8, 4) is 0 Å². The van der Waals surface area contributed by atoms with Crippen molar-refractivity contribution in [3.05, 3.63) is 46.3 Å². The predicted molar refractivity (Wildman–Crippen MR) is 108 cm³/mol. The van der Waals surface area contributed by atoms with Crippen molar-refractivity contribution in [1.29, 1.82) is 0 Å². The fraction of sp³-hybridized carbons (Fsp3) is 0.476. The average Bonchev–Trinajstić information content (AvgIpc) is 3.14. The lowest BCUT2D eigenvalue weighted by Crippen LogP contribution is -2.45. The number of hydrogen-bond acceptors (Lipinski definition) is 4. The highest BCUT2D eigenvalue weighted by atomic mass is 32.1. The second kappa shape index (κ2) is 7.30. The summed E-state index contributed by atoms with van der Waals surface area (Å²) in [6.07, 6.45) is 8.47. The van der Waals surface area contributed by atoms with Crippen molar-refractivity contribution >= 4 is 28.6 Å². The van der Waals surface area contributed by atoms with E-state index in [2.05, 4.69) is 44.6 Å². The van der Waals surface area contributed by atoms with Crippen LogP contribution in [0.1, 0.15) is 39.5 Å². The molecule has 3 heterocycles. The summed E-state index contributed by atoms with van der Waals surface area (Å²) in [7, 11) is 0. The third-order valence-electron chi connectivity index (χ3n) is 5.22. The van der Waals surface area contributed by atoms with E-state index in [0.29, 0.717) is 6.61 Å². The van der Waals surface area contributed by atoms with Gasteiger partial charge in [0.05, 0.1) is 22.1 Å². The summed E-state index contributed by atoms with van der Waals surface area (Å²) in [5.41, 5.74) is 3.53. The lowest BCUT2D eigenvalue weighted by molar-refractivity contribution is 0.00772.